The zero-order chi connectivity index (χ0) is 17.5. The lowest BCUT2D eigenvalue weighted by Crippen LogP contribution is -2.20. The second-order valence-corrected chi connectivity index (χ2v) is 5.40. The zero-order valence-corrected chi connectivity index (χ0v) is 13.5. The van der Waals surface area contributed by atoms with E-state index in [0.29, 0.717) is 12.1 Å². The molecular weight excluding hydrogens is 312 g/mol. The molecule has 1 heterocycles. The van der Waals surface area contributed by atoms with Crippen molar-refractivity contribution in [2.24, 2.45) is 0 Å². The Kier molecular flexibility index (Phi) is 5.03. The summed E-state index contributed by atoms with van der Waals surface area (Å²) >= 11 is 0. The Hall–Kier alpha value is -3.65. The van der Waals surface area contributed by atoms with Crippen molar-refractivity contribution in [3.63, 3.8) is 0 Å². The molecule has 0 aliphatic heterocycles. The summed E-state index contributed by atoms with van der Waals surface area (Å²) in [7, 11) is 0. The van der Waals surface area contributed by atoms with Crippen LogP contribution >= 0.6 is 0 Å². The molecule has 0 aliphatic carbocycles. The van der Waals surface area contributed by atoms with Gasteiger partial charge in [-0.2, -0.15) is 10.4 Å². The lowest BCUT2D eigenvalue weighted by atomic mass is 10.1. The lowest BCUT2D eigenvalue weighted by Gasteiger charge is -2.05. The summed E-state index contributed by atoms with van der Waals surface area (Å²) in [5.41, 5.74) is 3.45. The third-order valence-corrected chi connectivity index (χ3v) is 3.64. The lowest BCUT2D eigenvalue weighted by molar-refractivity contribution is -0.116. The van der Waals surface area contributed by atoms with Crippen molar-refractivity contribution in [1.82, 2.24) is 15.1 Å². The Morgan fingerprint density at radius 3 is 2.56 bits per heavy atom. The van der Waals surface area contributed by atoms with Crippen molar-refractivity contribution in [3.05, 3.63) is 89.8 Å². The van der Waals surface area contributed by atoms with Crippen LogP contribution in [-0.4, -0.2) is 15.7 Å². The van der Waals surface area contributed by atoms with Crippen molar-refractivity contribution in [3.8, 4) is 11.8 Å². The molecule has 5 heteroatoms. The number of amides is 1. The van der Waals surface area contributed by atoms with Gasteiger partial charge >= 0.3 is 0 Å². The topological polar surface area (TPSA) is 70.7 Å². The minimum atomic E-state index is -0.166. The van der Waals surface area contributed by atoms with E-state index < -0.39 is 0 Å². The maximum atomic E-state index is 11.9. The van der Waals surface area contributed by atoms with Crippen LogP contribution in [0.5, 0.6) is 0 Å². The van der Waals surface area contributed by atoms with Crippen molar-refractivity contribution >= 4 is 12.0 Å². The number of benzene rings is 2. The Bertz CT molecular complexity index is 902. The number of carbonyl (C=O) groups excluding carboxylic acids is 1. The first-order chi connectivity index (χ1) is 12.2. The van der Waals surface area contributed by atoms with Crippen molar-refractivity contribution in [1.29, 1.82) is 5.26 Å². The predicted octanol–water partition coefficient (Wildman–Crippen LogP) is 3.07. The van der Waals surface area contributed by atoms with Gasteiger partial charge in [-0.25, -0.2) is 4.68 Å². The van der Waals surface area contributed by atoms with Crippen molar-refractivity contribution in [2.45, 2.75) is 6.54 Å². The number of rotatable bonds is 5. The van der Waals surface area contributed by atoms with Gasteiger partial charge in [0, 0.05) is 25.0 Å². The molecule has 1 amide bonds. The third kappa shape index (κ3) is 4.43. The van der Waals surface area contributed by atoms with Crippen LogP contribution in [0.3, 0.4) is 0 Å². The van der Waals surface area contributed by atoms with Crippen LogP contribution in [0.2, 0.25) is 0 Å². The second-order valence-electron chi connectivity index (χ2n) is 5.40. The van der Waals surface area contributed by atoms with Gasteiger partial charge in [0.15, 0.2) is 0 Å². The smallest absolute Gasteiger partial charge is 0.244 e. The molecule has 0 fully saturated rings. The first kappa shape index (κ1) is 16.2. The van der Waals surface area contributed by atoms with E-state index >= 15 is 0 Å². The summed E-state index contributed by atoms with van der Waals surface area (Å²) in [6, 6.07) is 18.8. The summed E-state index contributed by atoms with van der Waals surface area (Å²) in [5, 5.41) is 15.8. The van der Waals surface area contributed by atoms with Gasteiger partial charge in [0.2, 0.25) is 5.91 Å². The normalized spacial score (nSPS) is 10.5. The molecule has 1 aromatic heterocycles. The fourth-order valence-corrected chi connectivity index (χ4v) is 2.28. The van der Waals surface area contributed by atoms with E-state index in [2.05, 4.69) is 16.5 Å². The summed E-state index contributed by atoms with van der Waals surface area (Å²) in [6.07, 6.45) is 6.82. The van der Waals surface area contributed by atoms with E-state index in [1.54, 1.807) is 41.2 Å². The van der Waals surface area contributed by atoms with E-state index in [1.165, 1.54) is 6.08 Å². The Balaban J connectivity index is 1.53. The van der Waals surface area contributed by atoms with Crippen LogP contribution in [-0.2, 0) is 11.3 Å². The minimum Gasteiger partial charge on any atom is -0.348 e. The fourth-order valence-electron chi connectivity index (χ4n) is 2.28. The van der Waals surface area contributed by atoms with Crippen molar-refractivity contribution < 1.29 is 4.79 Å². The van der Waals surface area contributed by atoms with Crippen LogP contribution in [0.15, 0.2) is 73.1 Å². The highest BCUT2D eigenvalue weighted by atomic mass is 16.1. The minimum absolute atomic E-state index is 0.166. The maximum Gasteiger partial charge on any atom is 0.244 e. The van der Waals surface area contributed by atoms with E-state index in [1.807, 2.05) is 36.5 Å². The molecule has 0 atom stereocenters. The Morgan fingerprint density at radius 2 is 1.92 bits per heavy atom. The molecular formula is C20H16N4O. The van der Waals surface area contributed by atoms with Gasteiger partial charge in [-0.3, -0.25) is 4.79 Å². The molecule has 0 saturated carbocycles. The fraction of sp³-hybridized carbons (Fsp3) is 0.0500. The van der Waals surface area contributed by atoms with Gasteiger partial charge < -0.3 is 5.32 Å². The highest BCUT2D eigenvalue weighted by Crippen LogP contribution is 2.09. The molecule has 0 unspecified atom stereocenters. The summed E-state index contributed by atoms with van der Waals surface area (Å²) < 4.78 is 1.78. The molecule has 0 radical (unpaired) electrons. The van der Waals surface area contributed by atoms with Crippen molar-refractivity contribution in [2.75, 3.05) is 0 Å². The number of nitrogens with one attached hydrogen (secondary N) is 1. The Labute approximate surface area is 145 Å². The summed E-state index contributed by atoms with van der Waals surface area (Å²) in [5.74, 6) is -0.166. The number of hydrogen-bond acceptors (Lipinski definition) is 3. The highest BCUT2D eigenvalue weighted by Gasteiger charge is 1.99. The molecule has 122 valence electrons. The first-order valence-electron chi connectivity index (χ1n) is 7.79. The predicted molar refractivity (Wildman–Crippen MR) is 95.6 cm³/mol. The first-order valence-corrected chi connectivity index (χ1v) is 7.79. The largest absolute Gasteiger partial charge is 0.348 e. The van der Waals surface area contributed by atoms with E-state index in [4.69, 9.17) is 5.26 Å². The zero-order valence-electron chi connectivity index (χ0n) is 13.5. The maximum absolute atomic E-state index is 11.9. The van der Waals surface area contributed by atoms with Gasteiger partial charge in [0.05, 0.1) is 17.3 Å². The number of nitrogens with zero attached hydrogens (tertiary/aromatic N) is 3. The van der Waals surface area contributed by atoms with Crippen LogP contribution in [0.25, 0.3) is 11.8 Å². The Morgan fingerprint density at radius 1 is 1.16 bits per heavy atom. The molecule has 0 bridgehead atoms. The molecule has 0 aliphatic rings. The number of nitriles is 1. The average Bonchev–Trinajstić information content (AvgIpc) is 3.20. The average molecular weight is 328 g/mol. The third-order valence-electron chi connectivity index (χ3n) is 3.64. The molecule has 0 saturated heterocycles. The molecule has 25 heavy (non-hydrogen) atoms. The van der Waals surface area contributed by atoms with Gasteiger partial charge in [-0.15, -0.1) is 0 Å². The molecule has 5 nitrogen and oxygen atoms in total. The number of carbonyl (C=O) groups is 1. The van der Waals surface area contributed by atoms with Gasteiger partial charge in [-0.05, 0) is 47.5 Å². The monoisotopic (exact) mass is 328 g/mol. The molecule has 1 N–H and O–H groups in total. The van der Waals surface area contributed by atoms with Crippen LogP contribution in [0.1, 0.15) is 16.7 Å². The van der Waals surface area contributed by atoms with Crippen LogP contribution in [0, 0.1) is 11.3 Å². The van der Waals surface area contributed by atoms with Crippen LogP contribution < -0.4 is 5.32 Å². The van der Waals surface area contributed by atoms with E-state index in [0.717, 1.165) is 16.8 Å². The van der Waals surface area contributed by atoms with E-state index in [9.17, 15) is 4.79 Å². The number of hydrogen-bond donors (Lipinski definition) is 1. The second kappa shape index (κ2) is 7.75. The number of aromatic nitrogens is 2. The molecule has 0 spiro atoms. The molecule has 3 rings (SSSR count). The van der Waals surface area contributed by atoms with E-state index in [-0.39, 0.29) is 5.91 Å². The van der Waals surface area contributed by atoms with Gasteiger partial charge in [0.1, 0.15) is 0 Å². The SMILES string of the molecule is N#Cc1ccc(/C=C/C(=O)NCc2ccc(-n3cccn3)cc2)cc1. The molecule has 2 aromatic carbocycles. The highest BCUT2D eigenvalue weighted by molar-refractivity contribution is 5.91. The summed E-state index contributed by atoms with van der Waals surface area (Å²) in [6.45, 7) is 0.454. The standard InChI is InChI=1S/C20H16N4O/c21-14-17-4-2-16(3-5-17)8-11-20(25)22-15-18-6-9-19(10-7-18)24-13-1-12-23-24/h1-13H,15H2,(H,22,25)/b11-8+. The molecule has 3 aromatic rings. The van der Waals surface area contributed by atoms with Crippen LogP contribution in [0.4, 0.5) is 0 Å². The quantitative estimate of drug-likeness (QED) is 0.732. The van der Waals surface area contributed by atoms with Gasteiger partial charge in [-0.1, -0.05) is 24.3 Å². The summed E-state index contributed by atoms with van der Waals surface area (Å²) in [4.78, 5) is 11.9. The van der Waals surface area contributed by atoms with Gasteiger partial charge in [0.25, 0.3) is 0 Å².